The van der Waals surface area contributed by atoms with Crippen LogP contribution < -0.4 is 10.6 Å². The molecule has 0 atom stereocenters. The summed E-state index contributed by atoms with van der Waals surface area (Å²) in [5, 5.41) is 5.69. The number of hydrogen-bond acceptors (Lipinski definition) is 2. The van der Waals surface area contributed by atoms with E-state index in [2.05, 4.69) is 10.6 Å². The number of hydrogen-bond donors (Lipinski definition) is 2. The normalized spacial score (nSPS) is 12.3. The Bertz CT molecular complexity index is 484. The van der Waals surface area contributed by atoms with Crippen molar-refractivity contribution in [3.63, 3.8) is 0 Å². The van der Waals surface area contributed by atoms with Gasteiger partial charge >= 0.3 is 6.18 Å². The third-order valence-corrected chi connectivity index (χ3v) is 3.23. The number of carbonyl (C=O) groups excluding carboxylic acids is 1. The van der Waals surface area contributed by atoms with E-state index >= 15 is 0 Å². The molecule has 2 N–H and O–H groups in total. The van der Waals surface area contributed by atoms with Gasteiger partial charge in [-0.15, -0.1) is 0 Å². The van der Waals surface area contributed by atoms with E-state index < -0.39 is 11.7 Å². The highest BCUT2D eigenvalue weighted by molar-refractivity contribution is 5.78. The van der Waals surface area contributed by atoms with Gasteiger partial charge in [0.05, 0.1) is 12.1 Å². The Morgan fingerprint density at radius 3 is 2.48 bits per heavy atom. The number of halogens is 3. The molecule has 3 nitrogen and oxygen atoms in total. The summed E-state index contributed by atoms with van der Waals surface area (Å²) >= 11 is 0. The van der Waals surface area contributed by atoms with Crippen molar-refractivity contribution in [3.8, 4) is 0 Å². The molecule has 0 aromatic heterocycles. The van der Waals surface area contributed by atoms with Gasteiger partial charge in [-0.05, 0) is 31.9 Å². The molecule has 0 bridgehead atoms. The van der Waals surface area contributed by atoms with Gasteiger partial charge in [-0.2, -0.15) is 13.2 Å². The first-order valence-corrected chi connectivity index (χ1v) is 6.82. The molecule has 0 heterocycles. The summed E-state index contributed by atoms with van der Waals surface area (Å²) in [5.74, 6) is -0.172. The Labute approximate surface area is 122 Å². The minimum absolute atomic E-state index is 0.0691. The lowest BCUT2D eigenvalue weighted by atomic mass is 10.0. The first-order valence-electron chi connectivity index (χ1n) is 6.82. The highest BCUT2D eigenvalue weighted by atomic mass is 19.4. The monoisotopic (exact) mass is 302 g/mol. The third kappa shape index (κ3) is 6.16. The summed E-state index contributed by atoms with van der Waals surface area (Å²) in [5.41, 5.74) is -0.472. The Kier molecular flexibility index (Phi) is 5.78. The predicted octanol–water partition coefficient (Wildman–Crippen LogP) is 3.10. The van der Waals surface area contributed by atoms with E-state index in [1.807, 2.05) is 20.8 Å². The van der Waals surface area contributed by atoms with Crippen LogP contribution in [-0.2, 0) is 17.5 Å². The maximum atomic E-state index is 12.6. The van der Waals surface area contributed by atoms with E-state index in [0.29, 0.717) is 5.56 Å². The van der Waals surface area contributed by atoms with Crippen LogP contribution in [-0.4, -0.2) is 18.0 Å². The molecule has 1 rings (SSSR count). The maximum absolute atomic E-state index is 12.6. The van der Waals surface area contributed by atoms with Crippen LogP contribution in [0.4, 0.5) is 13.2 Å². The van der Waals surface area contributed by atoms with Crippen LogP contribution in [0.15, 0.2) is 24.3 Å². The summed E-state index contributed by atoms with van der Waals surface area (Å²) in [6, 6.07) is 5.07. The van der Waals surface area contributed by atoms with Gasteiger partial charge in [0.15, 0.2) is 0 Å². The molecule has 1 amide bonds. The zero-order valence-electron chi connectivity index (χ0n) is 12.5. The van der Waals surface area contributed by atoms with Gasteiger partial charge in [-0.1, -0.05) is 25.1 Å². The molecule has 118 valence electrons. The quantitative estimate of drug-likeness (QED) is 0.848. The summed E-state index contributed by atoms with van der Waals surface area (Å²) < 4.78 is 37.7. The smallest absolute Gasteiger partial charge is 0.350 e. The van der Waals surface area contributed by atoms with Crippen molar-refractivity contribution in [2.24, 2.45) is 0 Å². The molecular weight excluding hydrogens is 281 g/mol. The van der Waals surface area contributed by atoms with Crippen molar-refractivity contribution in [3.05, 3.63) is 35.4 Å². The van der Waals surface area contributed by atoms with E-state index in [0.717, 1.165) is 18.6 Å². The van der Waals surface area contributed by atoms with Gasteiger partial charge in [0, 0.05) is 12.1 Å². The molecule has 0 unspecified atom stereocenters. The van der Waals surface area contributed by atoms with E-state index in [1.165, 1.54) is 6.07 Å². The number of nitrogens with one attached hydrogen (secondary N) is 2. The first kappa shape index (κ1) is 17.5. The van der Waals surface area contributed by atoms with Crippen molar-refractivity contribution >= 4 is 5.91 Å². The zero-order chi connectivity index (χ0) is 16.1. The van der Waals surface area contributed by atoms with Crippen LogP contribution in [0.25, 0.3) is 0 Å². The fourth-order valence-electron chi connectivity index (χ4n) is 1.69. The van der Waals surface area contributed by atoms with Crippen molar-refractivity contribution in [1.29, 1.82) is 0 Å². The molecule has 0 aliphatic heterocycles. The average molecular weight is 302 g/mol. The summed E-state index contributed by atoms with van der Waals surface area (Å²) in [7, 11) is 0. The largest absolute Gasteiger partial charge is 0.416 e. The molecule has 0 aliphatic rings. The topological polar surface area (TPSA) is 41.1 Å². The van der Waals surface area contributed by atoms with Gasteiger partial charge in [0.2, 0.25) is 5.91 Å². The number of rotatable bonds is 6. The van der Waals surface area contributed by atoms with Crippen LogP contribution in [0.5, 0.6) is 0 Å². The second-order valence-electron chi connectivity index (χ2n) is 5.59. The number of carbonyl (C=O) groups is 1. The Morgan fingerprint density at radius 1 is 1.24 bits per heavy atom. The second-order valence-corrected chi connectivity index (χ2v) is 5.59. The van der Waals surface area contributed by atoms with E-state index in [1.54, 1.807) is 6.07 Å². The first-order chi connectivity index (χ1) is 9.64. The SMILES string of the molecule is CCC(C)(C)NC(=O)CNCc1cccc(C(F)(F)F)c1. The fraction of sp³-hybridized carbons (Fsp3) is 0.533. The van der Waals surface area contributed by atoms with Gasteiger partial charge in [0.25, 0.3) is 0 Å². The average Bonchev–Trinajstić information content (AvgIpc) is 2.37. The number of amides is 1. The van der Waals surface area contributed by atoms with E-state index in [4.69, 9.17) is 0 Å². The molecule has 1 aromatic rings. The lowest BCUT2D eigenvalue weighted by molar-refractivity contribution is -0.137. The molecule has 21 heavy (non-hydrogen) atoms. The van der Waals surface area contributed by atoms with Gasteiger partial charge in [0.1, 0.15) is 0 Å². The summed E-state index contributed by atoms with van der Waals surface area (Å²) in [6.45, 7) is 6.08. The van der Waals surface area contributed by atoms with Crippen LogP contribution in [0.1, 0.15) is 38.3 Å². The lowest BCUT2D eigenvalue weighted by Gasteiger charge is -2.24. The molecule has 0 aliphatic carbocycles. The van der Waals surface area contributed by atoms with Gasteiger partial charge in [-0.25, -0.2) is 0 Å². The predicted molar refractivity (Wildman–Crippen MR) is 75.7 cm³/mol. The molecule has 0 radical (unpaired) electrons. The molecular formula is C15H21F3N2O. The fourth-order valence-corrected chi connectivity index (χ4v) is 1.69. The third-order valence-electron chi connectivity index (χ3n) is 3.23. The molecule has 0 fully saturated rings. The van der Waals surface area contributed by atoms with Crippen molar-refractivity contribution in [2.45, 2.75) is 45.5 Å². The lowest BCUT2D eigenvalue weighted by Crippen LogP contribution is -2.46. The minimum Gasteiger partial charge on any atom is -0.350 e. The molecule has 1 aromatic carbocycles. The van der Waals surface area contributed by atoms with Crippen molar-refractivity contribution < 1.29 is 18.0 Å². The molecule has 6 heteroatoms. The van der Waals surface area contributed by atoms with Gasteiger partial charge < -0.3 is 10.6 Å². The second kappa shape index (κ2) is 6.93. The minimum atomic E-state index is -4.35. The van der Waals surface area contributed by atoms with Crippen LogP contribution in [0.3, 0.4) is 0 Å². The van der Waals surface area contributed by atoms with E-state index in [9.17, 15) is 18.0 Å². The Hall–Kier alpha value is -1.56. The van der Waals surface area contributed by atoms with Crippen LogP contribution in [0.2, 0.25) is 0 Å². The summed E-state index contributed by atoms with van der Waals surface area (Å²) in [4.78, 5) is 11.7. The number of benzene rings is 1. The zero-order valence-corrected chi connectivity index (χ0v) is 12.5. The summed E-state index contributed by atoms with van der Waals surface area (Å²) in [6.07, 6.45) is -3.55. The standard InChI is InChI=1S/C15H21F3N2O/c1-4-14(2,3)20-13(21)10-19-9-11-6-5-7-12(8-11)15(16,17)18/h5-8,19H,4,9-10H2,1-3H3,(H,20,21). The van der Waals surface area contributed by atoms with Crippen LogP contribution >= 0.6 is 0 Å². The van der Waals surface area contributed by atoms with Gasteiger partial charge in [-0.3, -0.25) is 4.79 Å². The highest BCUT2D eigenvalue weighted by Crippen LogP contribution is 2.29. The highest BCUT2D eigenvalue weighted by Gasteiger charge is 2.30. The van der Waals surface area contributed by atoms with Crippen molar-refractivity contribution in [2.75, 3.05) is 6.54 Å². The Morgan fingerprint density at radius 2 is 1.90 bits per heavy atom. The molecule has 0 saturated carbocycles. The van der Waals surface area contributed by atoms with E-state index in [-0.39, 0.29) is 24.5 Å². The number of alkyl halides is 3. The Balaban J connectivity index is 2.48. The maximum Gasteiger partial charge on any atom is 0.416 e. The molecule has 0 saturated heterocycles. The van der Waals surface area contributed by atoms with Crippen molar-refractivity contribution in [1.82, 2.24) is 10.6 Å². The molecule has 0 spiro atoms. The van der Waals surface area contributed by atoms with Crippen LogP contribution in [0, 0.1) is 0 Å².